The van der Waals surface area contributed by atoms with Gasteiger partial charge in [0.15, 0.2) is 0 Å². The van der Waals surface area contributed by atoms with Gasteiger partial charge in [-0.25, -0.2) is 4.79 Å². The van der Waals surface area contributed by atoms with Crippen LogP contribution in [0.1, 0.15) is 18.4 Å². The van der Waals surface area contributed by atoms with Crippen LogP contribution in [0.5, 0.6) is 0 Å². The predicted octanol–water partition coefficient (Wildman–Crippen LogP) is 0.223. The Morgan fingerprint density at radius 1 is 1.09 bits per heavy atom. The van der Waals surface area contributed by atoms with Gasteiger partial charge in [-0.1, -0.05) is 30.3 Å². The van der Waals surface area contributed by atoms with Gasteiger partial charge in [-0.15, -0.1) is 0 Å². The van der Waals surface area contributed by atoms with Crippen LogP contribution in [0.4, 0.5) is 4.79 Å². The maximum atomic E-state index is 11.7. The number of nitrogens with zero attached hydrogens (tertiary/aromatic N) is 1. The number of likely N-dealkylation sites (N-methyl/N-ethyl adjacent to an activating group) is 1. The molecule has 2 rings (SSSR count). The molecule has 23 heavy (non-hydrogen) atoms. The van der Waals surface area contributed by atoms with Crippen LogP contribution in [0.2, 0.25) is 0 Å². The average Bonchev–Trinajstić information content (AvgIpc) is 3.29. The van der Waals surface area contributed by atoms with Crippen molar-refractivity contribution >= 4 is 17.8 Å². The highest BCUT2D eigenvalue weighted by Gasteiger charge is 2.23. The number of carbonyl (C=O) groups is 3. The number of hydrogen-bond donors (Lipinski definition) is 3. The molecule has 1 aliphatic carbocycles. The van der Waals surface area contributed by atoms with Crippen LogP contribution < -0.4 is 16.0 Å². The third-order valence-corrected chi connectivity index (χ3v) is 3.32. The van der Waals surface area contributed by atoms with Gasteiger partial charge in [-0.3, -0.25) is 19.8 Å². The van der Waals surface area contributed by atoms with Gasteiger partial charge in [0.2, 0.25) is 11.8 Å². The molecular formula is C16H22N4O3. The monoisotopic (exact) mass is 318 g/mol. The molecule has 7 heteroatoms. The summed E-state index contributed by atoms with van der Waals surface area (Å²) in [4.78, 5) is 36.6. The number of hydrogen-bond acceptors (Lipinski definition) is 4. The Morgan fingerprint density at radius 3 is 2.39 bits per heavy atom. The normalized spacial score (nSPS) is 13.5. The molecule has 0 aromatic heterocycles. The minimum atomic E-state index is -0.547. The molecule has 0 aliphatic heterocycles. The zero-order valence-electron chi connectivity index (χ0n) is 13.2. The van der Waals surface area contributed by atoms with Crippen LogP contribution in [0.25, 0.3) is 0 Å². The number of rotatable bonds is 7. The molecule has 1 aromatic carbocycles. The molecule has 1 aromatic rings. The Kier molecular flexibility index (Phi) is 6.10. The number of urea groups is 1. The second-order valence-electron chi connectivity index (χ2n) is 5.73. The molecule has 4 amide bonds. The van der Waals surface area contributed by atoms with Crippen LogP contribution in [0.3, 0.4) is 0 Å². The second kappa shape index (κ2) is 8.28. The fourth-order valence-electron chi connectivity index (χ4n) is 2.04. The Bertz CT molecular complexity index is 558. The van der Waals surface area contributed by atoms with Crippen LogP contribution >= 0.6 is 0 Å². The number of imide groups is 1. The van der Waals surface area contributed by atoms with Gasteiger partial charge in [0.1, 0.15) is 0 Å². The van der Waals surface area contributed by atoms with Gasteiger partial charge < -0.3 is 10.6 Å². The zero-order valence-corrected chi connectivity index (χ0v) is 13.2. The van der Waals surface area contributed by atoms with E-state index in [1.165, 1.54) is 0 Å². The molecule has 0 bridgehead atoms. The molecule has 0 spiro atoms. The Balaban J connectivity index is 1.62. The van der Waals surface area contributed by atoms with Crippen molar-refractivity contribution in [3.8, 4) is 0 Å². The first kappa shape index (κ1) is 17.0. The first-order chi connectivity index (χ1) is 11.0. The highest BCUT2D eigenvalue weighted by molar-refractivity contribution is 5.95. The van der Waals surface area contributed by atoms with Crippen molar-refractivity contribution in [2.45, 2.75) is 25.4 Å². The number of benzene rings is 1. The molecule has 0 saturated heterocycles. The van der Waals surface area contributed by atoms with E-state index in [9.17, 15) is 14.4 Å². The lowest BCUT2D eigenvalue weighted by molar-refractivity contribution is -0.124. The summed E-state index contributed by atoms with van der Waals surface area (Å²) in [5.74, 6) is -0.548. The van der Waals surface area contributed by atoms with Crippen LogP contribution in [0, 0.1) is 0 Å². The molecule has 0 atom stereocenters. The molecule has 1 aliphatic rings. The van der Waals surface area contributed by atoms with Crippen LogP contribution in [0.15, 0.2) is 30.3 Å². The molecule has 7 nitrogen and oxygen atoms in total. The van der Waals surface area contributed by atoms with Crippen molar-refractivity contribution in [3.05, 3.63) is 35.9 Å². The Morgan fingerprint density at radius 2 is 1.74 bits per heavy atom. The smallest absolute Gasteiger partial charge is 0.321 e. The lowest BCUT2D eigenvalue weighted by atomic mass is 10.2. The van der Waals surface area contributed by atoms with Gasteiger partial charge in [0, 0.05) is 12.6 Å². The van der Waals surface area contributed by atoms with Gasteiger partial charge >= 0.3 is 6.03 Å². The van der Waals surface area contributed by atoms with E-state index in [1.807, 2.05) is 30.3 Å². The van der Waals surface area contributed by atoms with Crippen LogP contribution in [-0.2, 0) is 16.1 Å². The lowest BCUT2D eigenvalue weighted by Gasteiger charge is -2.15. The molecule has 0 heterocycles. The lowest BCUT2D eigenvalue weighted by Crippen LogP contribution is -2.45. The van der Waals surface area contributed by atoms with E-state index in [0.717, 1.165) is 18.4 Å². The van der Waals surface area contributed by atoms with E-state index in [4.69, 9.17) is 0 Å². The summed E-state index contributed by atoms with van der Waals surface area (Å²) in [7, 11) is 1.66. The van der Waals surface area contributed by atoms with Gasteiger partial charge in [-0.05, 0) is 25.5 Å². The first-order valence-electron chi connectivity index (χ1n) is 7.62. The van der Waals surface area contributed by atoms with Gasteiger partial charge in [-0.2, -0.15) is 0 Å². The van der Waals surface area contributed by atoms with E-state index >= 15 is 0 Å². The van der Waals surface area contributed by atoms with Crippen molar-refractivity contribution in [2.75, 3.05) is 20.1 Å². The highest BCUT2D eigenvalue weighted by Crippen LogP contribution is 2.18. The highest BCUT2D eigenvalue weighted by atomic mass is 16.2. The predicted molar refractivity (Wildman–Crippen MR) is 85.5 cm³/mol. The van der Waals surface area contributed by atoms with E-state index in [0.29, 0.717) is 12.6 Å². The van der Waals surface area contributed by atoms with E-state index in [2.05, 4.69) is 16.0 Å². The standard InChI is InChI=1S/C16H22N4O3/c1-20(10-14(21)18-13-7-8-13)11-15(22)19-16(23)17-9-12-5-3-2-4-6-12/h2-6,13H,7-11H2,1H3,(H,18,21)(H2,17,19,22,23). The fourth-order valence-corrected chi connectivity index (χ4v) is 2.04. The molecule has 1 saturated carbocycles. The number of amides is 4. The van der Waals surface area contributed by atoms with Crippen LogP contribution in [-0.4, -0.2) is 48.9 Å². The summed E-state index contributed by atoms with van der Waals surface area (Å²) in [6.45, 7) is 0.464. The first-order valence-corrected chi connectivity index (χ1v) is 7.62. The molecule has 0 radical (unpaired) electrons. The molecule has 1 fully saturated rings. The minimum absolute atomic E-state index is 0.0170. The molecular weight excluding hydrogens is 296 g/mol. The van der Waals surface area contributed by atoms with E-state index < -0.39 is 11.9 Å². The minimum Gasteiger partial charge on any atom is -0.352 e. The second-order valence-corrected chi connectivity index (χ2v) is 5.73. The van der Waals surface area contributed by atoms with Crippen molar-refractivity contribution in [2.24, 2.45) is 0 Å². The third kappa shape index (κ3) is 6.92. The van der Waals surface area contributed by atoms with Crippen molar-refractivity contribution in [1.82, 2.24) is 20.9 Å². The quantitative estimate of drug-likeness (QED) is 0.671. The van der Waals surface area contributed by atoms with Crippen molar-refractivity contribution in [3.63, 3.8) is 0 Å². The van der Waals surface area contributed by atoms with E-state index in [1.54, 1.807) is 11.9 Å². The summed E-state index contributed by atoms with van der Waals surface area (Å²) >= 11 is 0. The molecule has 3 N–H and O–H groups in total. The van der Waals surface area contributed by atoms with Gasteiger partial charge in [0.05, 0.1) is 13.1 Å². The average molecular weight is 318 g/mol. The largest absolute Gasteiger partial charge is 0.352 e. The maximum absolute atomic E-state index is 11.7. The maximum Gasteiger partial charge on any atom is 0.321 e. The Hall–Kier alpha value is -2.41. The van der Waals surface area contributed by atoms with E-state index in [-0.39, 0.29) is 19.0 Å². The summed E-state index contributed by atoms with van der Waals surface area (Å²) in [5, 5.41) is 7.70. The molecule has 0 unspecified atom stereocenters. The number of carbonyl (C=O) groups excluding carboxylic acids is 3. The van der Waals surface area contributed by atoms with Crippen molar-refractivity contribution < 1.29 is 14.4 Å². The summed E-state index contributed by atoms with van der Waals surface area (Å²) in [5.41, 5.74) is 0.948. The zero-order chi connectivity index (χ0) is 16.7. The van der Waals surface area contributed by atoms with Gasteiger partial charge in [0.25, 0.3) is 0 Å². The molecule has 124 valence electrons. The summed E-state index contributed by atoms with van der Waals surface area (Å²) in [6, 6.07) is 9.16. The van der Waals surface area contributed by atoms with Crippen molar-refractivity contribution in [1.29, 1.82) is 0 Å². The SMILES string of the molecule is CN(CC(=O)NC(=O)NCc1ccccc1)CC(=O)NC1CC1. The fraction of sp³-hybridized carbons (Fsp3) is 0.438. The Labute approximate surface area is 135 Å². The summed E-state index contributed by atoms with van der Waals surface area (Å²) < 4.78 is 0. The third-order valence-electron chi connectivity index (χ3n) is 3.32. The number of nitrogens with one attached hydrogen (secondary N) is 3. The summed E-state index contributed by atoms with van der Waals surface area (Å²) in [6.07, 6.45) is 2.05. The topological polar surface area (TPSA) is 90.5 Å².